The van der Waals surface area contributed by atoms with E-state index >= 15 is 0 Å². The van der Waals surface area contributed by atoms with Gasteiger partial charge in [-0.15, -0.1) is 0 Å². The third-order valence-electron chi connectivity index (χ3n) is 3.13. The van der Waals surface area contributed by atoms with E-state index in [2.05, 4.69) is 19.2 Å². The topological polar surface area (TPSA) is 41.5 Å². The Hall–Kier alpha value is -0.120. The molecule has 90 valence electrons. The van der Waals surface area contributed by atoms with Crippen molar-refractivity contribution in [2.45, 2.75) is 51.7 Å². The van der Waals surface area contributed by atoms with Crippen LogP contribution in [0, 0.1) is 5.92 Å². The molecule has 0 saturated carbocycles. The van der Waals surface area contributed by atoms with Crippen molar-refractivity contribution < 1.29 is 9.84 Å². The van der Waals surface area contributed by atoms with Gasteiger partial charge in [-0.05, 0) is 31.6 Å². The number of hydrogen-bond donors (Lipinski definition) is 2. The van der Waals surface area contributed by atoms with Gasteiger partial charge < -0.3 is 15.2 Å². The average molecular weight is 215 g/mol. The molecule has 2 N–H and O–H groups in total. The number of nitrogens with one attached hydrogen (secondary N) is 1. The maximum Gasteiger partial charge on any atom is 0.0699 e. The highest BCUT2D eigenvalue weighted by molar-refractivity contribution is 4.74. The lowest BCUT2D eigenvalue weighted by molar-refractivity contribution is 0.0139. The van der Waals surface area contributed by atoms with Crippen molar-refractivity contribution >= 4 is 0 Å². The summed E-state index contributed by atoms with van der Waals surface area (Å²) in [6.07, 6.45) is 4.90. The van der Waals surface area contributed by atoms with Crippen LogP contribution in [-0.4, -0.2) is 37.0 Å². The second-order valence-electron chi connectivity index (χ2n) is 4.76. The fraction of sp³-hybridized carbons (Fsp3) is 1.00. The molecule has 0 amide bonds. The summed E-state index contributed by atoms with van der Waals surface area (Å²) in [4.78, 5) is 0. The predicted molar refractivity (Wildman–Crippen MR) is 61.9 cm³/mol. The van der Waals surface area contributed by atoms with Gasteiger partial charge in [-0.3, -0.25) is 0 Å². The van der Waals surface area contributed by atoms with Crippen molar-refractivity contribution in [2.24, 2.45) is 5.92 Å². The number of hydrogen-bond acceptors (Lipinski definition) is 3. The summed E-state index contributed by atoms with van der Waals surface area (Å²) in [6.45, 7) is 6.49. The predicted octanol–water partition coefficient (Wildman–Crippen LogP) is 1.55. The molecule has 3 nitrogen and oxygen atoms in total. The molecule has 0 aromatic carbocycles. The van der Waals surface area contributed by atoms with Crippen molar-refractivity contribution in [2.75, 3.05) is 19.8 Å². The lowest BCUT2D eigenvalue weighted by Crippen LogP contribution is -2.41. The Balaban J connectivity index is 2.19. The summed E-state index contributed by atoms with van der Waals surface area (Å²) in [5.41, 5.74) is 0. The Morgan fingerprint density at radius 1 is 1.40 bits per heavy atom. The zero-order chi connectivity index (χ0) is 11.1. The summed E-state index contributed by atoms with van der Waals surface area (Å²) in [7, 11) is 0. The molecule has 1 fully saturated rings. The van der Waals surface area contributed by atoms with Crippen LogP contribution in [0.2, 0.25) is 0 Å². The molecule has 1 rings (SSSR count). The standard InChI is InChI=1S/C12H25NO2/c1-10(2)12(6-7-14)13-9-11-5-3-4-8-15-11/h10-14H,3-9H2,1-2H3. The van der Waals surface area contributed by atoms with Crippen LogP contribution in [-0.2, 0) is 4.74 Å². The lowest BCUT2D eigenvalue weighted by Gasteiger charge is -2.27. The minimum atomic E-state index is 0.265. The fourth-order valence-electron chi connectivity index (χ4n) is 2.06. The maximum absolute atomic E-state index is 8.95. The quantitative estimate of drug-likeness (QED) is 0.706. The largest absolute Gasteiger partial charge is 0.396 e. The molecule has 0 aromatic rings. The van der Waals surface area contributed by atoms with Crippen molar-refractivity contribution in [3.8, 4) is 0 Å². The van der Waals surface area contributed by atoms with E-state index in [-0.39, 0.29) is 6.61 Å². The van der Waals surface area contributed by atoms with Crippen molar-refractivity contribution in [1.82, 2.24) is 5.32 Å². The van der Waals surface area contributed by atoms with E-state index in [1.54, 1.807) is 0 Å². The normalized spacial score (nSPS) is 24.4. The van der Waals surface area contributed by atoms with E-state index in [1.165, 1.54) is 19.3 Å². The van der Waals surface area contributed by atoms with Crippen molar-refractivity contribution in [3.05, 3.63) is 0 Å². The summed E-state index contributed by atoms with van der Waals surface area (Å²) < 4.78 is 5.66. The Kier molecular flexibility index (Phi) is 6.22. The molecule has 1 aliphatic rings. The van der Waals surface area contributed by atoms with Crippen LogP contribution in [0.3, 0.4) is 0 Å². The third kappa shape index (κ3) is 4.96. The lowest BCUT2D eigenvalue weighted by atomic mass is 10.0. The minimum Gasteiger partial charge on any atom is -0.396 e. The van der Waals surface area contributed by atoms with Gasteiger partial charge in [-0.25, -0.2) is 0 Å². The van der Waals surface area contributed by atoms with Gasteiger partial charge >= 0.3 is 0 Å². The van der Waals surface area contributed by atoms with Crippen molar-refractivity contribution in [3.63, 3.8) is 0 Å². The molecule has 1 saturated heterocycles. The second kappa shape index (κ2) is 7.20. The van der Waals surface area contributed by atoms with E-state index < -0.39 is 0 Å². The Labute approximate surface area is 93.2 Å². The number of rotatable bonds is 6. The van der Waals surface area contributed by atoms with Crippen LogP contribution < -0.4 is 5.32 Å². The summed E-state index contributed by atoms with van der Waals surface area (Å²) in [5.74, 6) is 0.570. The highest BCUT2D eigenvalue weighted by atomic mass is 16.5. The molecule has 2 unspecified atom stereocenters. The molecule has 0 spiro atoms. The van der Waals surface area contributed by atoms with E-state index in [0.29, 0.717) is 18.1 Å². The van der Waals surface area contributed by atoms with Gasteiger partial charge in [-0.2, -0.15) is 0 Å². The first-order chi connectivity index (χ1) is 7.24. The summed E-state index contributed by atoms with van der Waals surface area (Å²) in [6, 6.07) is 0.417. The fourth-order valence-corrected chi connectivity index (χ4v) is 2.06. The van der Waals surface area contributed by atoms with Gasteiger partial charge in [0.25, 0.3) is 0 Å². The smallest absolute Gasteiger partial charge is 0.0699 e. The molecular weight excluding hydrogens is 190 g/mol. The monoisotopic (exact) mass is 215 g/mol. The molecule has 15 heavy (non-hydrogen) atoms. The van der Waals surface area contributed by atoms with Gasteiger partial charge in [0.05, 0.1) is 6.10 Å². The van der Waals surface area contributed by atoms with Crippen LogP contribution in [0.5, 0.6) is 0 Å². The van der Waals surface area contributed by atoms with Gasteiger partial charge in [0.15, 0.2) is 0 Å². The van der Waals surface area contributed by atoms with Crippen LogP contribution in [0.25, 0.3) is 0 Å². The van der Waals surface area contributed by atoms with Crippen LogP contribution in [0.1, 0.15) is 39.5 Å². The molecule has 1 aliphatic heterocycles. The van der Waals surface area contributed by atoms with Gasteiger partial charge in [0.1, 0.15) is 0 Å². The first-order valence-electron chi connectivity index (χ1n) is 6.20. The van der Waals surface area contributed by atoms with Gasteiger partial charge in [-0.1, -0.05) is 13.8 Å². The first kappa shape index (κ1) is 12.9. The molecule has 0 radical (unpaired) electrons. The SMILES string of the molecule is CC(C)C(CCO)NCC1CCCCO1. The van der Waals surface area contributed by atoms with E-state index in [1.807, 2.05) is 0 Å². The zero-order valence-electron chi connectivity index (χ0n) is 10.0. The molecule has 1 heterocycles. The van der Waals surface area contributed by atoms with Crippen LogP contribution in [0.15, 0.2) is 0 Å². The molecule has 3 heteroatoms. The zero-order valence-corrected chi connectivity index (χ0v) is 10.0. The number of aliphatic hydroxyl groups excluding tert-OH is 1. The Morgan fingerprint density at radius 2 is 2.20 bits per heavy atom. The summed E-state index contributed by atoms with van der Waals surface area (Å²) >= 11 is 0. The highest BCUT2D eigenvalue weighted by Gasteiger charge is 2.17. The van der Waals surface area contributed by atoms with Crippen LogP contribution in [0.4, 0.5) is 0 Å². The van der Waals surface area contributed by atoms with Crippen LogP contribution >= 0.6 is 0 Å². The number of aliphatic hydroxyl groups is 1. The first-order valence-corrected chi connectivity index (χ1v) is 6.20. The third-order valence-corrected chi connectivity index (χ3v) is 3.13. The number of ether oxygens (including phenoxy) is 1. The van der Waals surface area contributed by atoms with E-state index in [9.17, 15) is 0 Å². The van der Waals surface area contributed by atoms with Crippen molar-refractivity contribution in [1.29, 1.82) is 0 Å². The van der Waals surface area contributed by atoms with Gasteiger partial charge in [0, 0.05) is 25.8 Å². The second-order valence-corrected chi connectivity index (χ2v) is 4.76. The van der Waals surface area contributed by atoms with E-state index in [4.69, 9.17) is 9.84 Å². The average Bonchev–Trinajstić information content (AvgIpc) is 2.25. The highest BCUT2D eigenvalue weighted by Crippen LogP contribution is 2.13. The Morgan fingerprint density at radius 3 is 2.73 bits per heavy atom. The maximum atomic E-state index is 8.95. The molecule has 0 aromatic heterocycles. The van der Waals surface area contributed by atoms with E-state index in [0.717, 1.165) is 19.6 Å². The minimum absolute atomic E-state index is 0.265. The summed E-state index contributed by atoms with van der Waals surface area (Å²) in [5, 5.41) is 12.5. The molecule has 0 bridgehead atoms. The molecule has 0 aliphatic carbocycles. The molecular formula is C12H25NO2. The molecule has 2 atom stereocenters. The van der Waals surface area contributed by atoms with Gasteiger partial charge in [0.2, 0.25) is 0 Å². The Bertz CT molecular complexity index is 156.